The van der Waals surface area contributed by atoms with Crippen molar-refractivity contribution < 1.29 is 19.4 Å². The van der Waals surface area contributed by atoms with Crippen molar-refractivity contribution in [1.82, 2.24) is 5.32 Å². The van der Waals surface area contributed by atoms with Crippen molar-refractivity contribution in [2.45, 2.75) is 45.1 Å². The zero-order valence-electron chi connectivity index (χ0n) is 16.4. The van der Waals surface area contributed by atoms with Crippen molar-refractivity contribution in [3.05, 3.63) is 72.4 Å². The summed E-state index contributed by atoms with van der Waals surface area (Å²) in [5, 5.41) is 11.1. The van der Waals surface area contributed by atoms with Crippen molar-refractivity contribution in [2.24, 2.45) is 0 Å². The first kappa shape index (κ1) is 25.6. The third-order valence-electron chi connectivity index (χ3n) is 4.14. The number of carbonyl (C=O) groups is 2. The molecule has 0 saturated heterocycles. The fourth-order valence-electron chi connectivity index (χ4n) is 2.84. The first-order valence-electron chi connectivity index (χ1n) is 9.36. The molecule has 0 fully saturated rings. The molecular formula is C23H28KNO4. The fourth-order valence-corrected chi connectivity index (χ4v) is 2.84. The fraction of sp³-hybridized carbons (Fsp3) is 0.304. The molecule has 0 atom stereocenters. The molecule has 0 unspecified atom stereocenters. The summed E-state index contributed by atoms with van der Waals surface area (Å²) in [6, 6.07) is 18.4. The average Bonchev–Trinajstić information content (AvgIpc) is 2.65. The van der Waals surface area contributed by atoms with E-state index in [0.29, 0.717) is 19.3 Å². The molecule has 0 saturated carbocycles. The van der Waals surface area contributed by atoms with Gasteiger partial charge >= 0.3 is 63.4 Å². The van der Waals surface area contributed by atoms with Crippen LogP contribution in [-0.4, -0.2) is 74.2 Å². The Bertz CT molecular complexity index is 801. The first-order chi connectivity index (χ1) is 13.4. The molecule has 2 rings (SSSR count). The van der Waals surface area contributed by atoms with Crippen molar-refractivity contribution in [1.29, 1.82) is 0 Å². The van der Waals surface area contributed by atoms with Crippen LogP contribution in [-0.2, 0) is 16.0 Å². The summed E-state index contributed by atoms with van der Waals surface area (Å²) in [4.78, 5) is 22.4. The summed E-state index contributed by atoms with van der Waals surface area (Å²) in [6.45, 7) is 3.74. The Morgan fingerprint density at radius 2 is 1.66 bits per heavy atom. The standard InChI is InChI=1S/C23H27NO4.K.H/c1-23(2,28-22(27)24-16-8-4-7-11-21(25)26)17-18-12-14-20(15-13-18)19-9-5-3-6-10-19;;/h3,5-6,8-10,12-16H,4,7,11,17H2,1-2H3,(H,24,27)(H,25,26);;/b16-8-;;. The second kappa shape index (κ2) is 13.0. The number of carboxylic acids is 1. The third kappa shape index (κ3) is 10.2. The van der Waals surface area contributed by atoms with Crippen LogP contribution in [0.3, 0.4) is 0 Å². The zero-order chi connectivity index (χ0) is 20.4. The minimum atomic E-state index is -0.820. The van der Waals surface area contributed by atoms with Crippen LogP contribution in [0, 0.1) is 0 Å². The molecule has 0 aliphatic carbocycles. The Hall–Kier alpha value is -1.44. The van der Waals surface area contributed by atoms with Crippen LogP contribution in [0.5, 0.6) is 0 Å². The molecule has 29 heavy (non-hydrogen) atoms. The van der Waals surface area contributed by atoms with Crippen LogP contribution in [0.15, 0.2) is 66.9 Å². The number of hydrogen-bond donors (Lipinski definition) is 2. The van der Waals surface area contributed by atoms with Crippen LogP contribution < -0.4 is 5.32 Å². The first-order valence-corrected chi connectivity index (χ1v) is 9.36. The van der Waals surface area contributed by atoms with Gasteiger partial charge in [0.1, 0.15) is 5.60 Å². The molecule has 2 aromatic rings. The van der Waals surface area contributed by atoms with E-state index in [1.807, 2.05) is 44.2 Å². The van der Waals surface area contributed by atoms with E-state index in [2.05, 4.69) is 29.6 Å². The molecule has 0 radical (unpaired) electrons. The SMILES string of the molecule is CC(C)(Cc1ccc(-c2ccccc2)cc1)OC(=O)N/C=C\CCCC(=O)O.[KH]. The number of benzene rings is 2. The Morgan fingerprint density at radius 3 is 2.28 bits per heavy atom. The van der Waals surface area contributed by atoms with Crippen LogP contribution in [0.2, 0.25) is 0 Å². The number of nitrogens with one attached hydrogen (secondary N) is 1. The molecule has 0 aromatic heterocycles. The number of carbonyl (C=O) groups excluding carboxylic acids is 1. The van der Waals surface area contributed by atoms with Gasteiger partial charge in [-0.25, -0.2) is 4.79 Å². The van der Waals surface area contributed by atoms with Gasteiger partial charge in [0, 0.05) is 19.0 Å². The summed E-state index contributed by atoms with van der Waals surface area (Å²) in [7, 11) is 0. The molecule has 2 aromatic carbocycles. The number of allylic oxidation sites excluding steroid dienone is 1. The molecule has 150 valence electrons. The molecule has 1 amide bonds. The number of hydrogen-bond acceptors (Lipinski definition) is 3. The Morgan fingerprint density at radius 1 is 1.03 bits per heavy atom. The van der Waals surface area contributed by atoms with Crippen LogP contribution in [0.1, 0.15) is 38.7 Å². The second-order valence-corrected chi connectivity index (χ2v) is 7.22. The van der Waals surface area contributed by atoms with Crippen molar-refractivity contribution >= 4 is 63.4 Å². The van der Waals surface area contributed by atoms with Crippen molar-refractivity contribution in [2.75, 3.05) is 0 Å². The van der Waals surface area contributed by atoms with E-state index in [1.165, 1.54) is 11.8 Å². The number of unbranched alkanes of at least 4 members (excludes halogenated alkanes) is 1. The maximum atomic E-state index is 12.0. The van der Waals surface area contributed by atoms with E-state index in [-0.39, 0.29) is 57.8 Å². The summed E-state index contributed by atoms with van der Waals surface area (Å²) >= 11 is 0. The number of aliphatic carboxylic acids is 1. The molecule has 5 nitrogen and oxygen atoms in total. The van der Waals surface area contributed by atoms with Crippen LogP contribution in [0.25, 0.3) is 11.1 Å². The summed E-state index contributed by atoms with van der Waals surface area (Å²) < 4.78 is 5.51. The van der Waals surface area contributed by atoms with Gasteiger partial charge in [0.15, 0.2) is 0 Å². The van der Waals surface area contributed by atoms with Crippen LogP contribution in [0.4, 0.5) is 4.79 Å². The van der Waals surface area contributed by atoms with Gasteiger partial charge < -0.3 is 9.84 Å². The van der Waals surface area contributed by atoms with Crippen molar-refractivity contribution in [3.8, 4) is 11.1 Å². The van der Waals surface area contributed by atoms with E-state index in [0.717, 1.165) is 11.1 Å². The second-order valence-electron chi connectivity index (χ2n) is 7.22. The third-order valence-corrected chi connectivity index (χ3v) is 4.14. The molecule has 0 aliphatic rings. The molecule has 0 aliphatic heterocycles. The zero-order valence-corrected chi connectivity index (χ0v) is 16.4. The Balaban J connectivity index is 0.00000420. The number of rotatable bonds is 9. The molecule has 6 heteroatoms. The predicted molar refractivity (Wildman–Crippen MR) is 117 cm³/mol. The topological polar surface area (TPSA) is 75.6 Å². The van der Waals surface area contributed by atoms with E-state index < -0.39 is 17.7 Å². The van der Waals surface area contributed by atoms with E-state index in [4.69, 9.17) is 9.84 Å². The Labute approximate surface area is 215 Å². The predicted octanol–water partition coefficient (Wildman–Crippen LogP) is 4.52. The van der Waals surface area contributed by atoms with Gasteiger partial charge in [-0.15, -0.1) is 0 Å². The normalized spacial score (nSPS) is 11.0. The molecule has 2 N–H and O–H groups in total. The van der Waals surface area contributed by atoms with Crippen molar-refractivity contribution in [3.63, 3.8) is 0 Å². The molecule has 0 bridgehead atoms. The van der Waals surface area contributed by atoms with E-state index >= 15 is 0 Å². The number of ether oxygens (including phenoxy) is 1. The van der Waals surface area contributed by atoms with Gasteiger partial charge in [0.2, 0.25) is 0 Å². The van der Waals surface area contributed by atoms with Crippen LogP contribution >= 0.6 is 0 Å². The number of alkyl carbamates (subject to hydrolysis) is 1. The maximum absolute atomic E-state index is 12.0. The number of amides is 1. The quantitative estimate of drug-likeness (QED) is 0.461. The summed E-state index contributed by atoms with van der Waals surface area (Å²) in [6.07, 6.45) is 4.52. The molecule has 0 heterocycles. The summed E-state index contributed by atoms with van der Waals surface area (Å²) in [5.74, 6) is -0.820. The van der Waals surface area contributed by atoms with E-state index in [9.17, 15) is 9.59 Å². The van der Waals surface area contributed by atoms with E-state index in [1.54, 1.807) is 6.08 Å². The minimum absolute atomic E-state index is 0. The number of carboxylic acid groups (broad SMARTS) is 1. The van der Waals surface area contributed by atoms with Gasteiger partial charge in [-0.1, -0.05) is 60.7 Å². The Kier molecular flexibility index (Phi) is 11.5. The van der Waals surface area contributed by atoms with Gasteiger partial charge in [-0.2, -0.15) is 0 Å². The average molecular weight is 422 g/mol. The molecular weight excluding hydrogens is 393 g/mol. The molecule has 0 spiro atoms. The van der Waals surface area contributed by atoms with Gasteiger partial charge in [-0.3, -0.25) is 10.1 Å². The van der Waals surface area contributed by atoms with Gasteiger partial charge in [-0.05, 0) is 43.4 Å². The monoisotopic (exact) mass is 421 g/mol. The summed E-state index contributed by atoms with van der Waals surface area (Å²) in [5.41, 5.74) is 2.74. The van der Waals surface area contributed by atoms with Gasteiger partial charge in [0.25, 0.3) is 0 Å². The van der Waals surface area contributed by atoms with Gasteiger partial charge in [0.05, 0.1) is 0 Å².